The number of likely N-dealkylation sites (tertiary alicyclic amines) is 2. The van der Waals surface area contributed by atoms with E-state index in [4.69, 9.17) is 0 Å². The van der Waals surface area contributed by atoms with E-state index in [0.717, 1.165) is 65.4 Å². The Hall–Kier alpha value is -1.17. The van der Waals surface area contributed by atoms with Gasteiger partial charge < -0.3 is 0 Å². The Kier molecular flexibility index (Phi) is 12.4. The van der Waals surface area contributed by atoms with Gasteiger partial charge in [-0.1, -0.05) is 12.8 Å². The SMILES string of the molecule is CC(C)N1CCN(C(C(=O)C(c2csc(CN3CCCCC3)c2)N2CCN(C(C)C)CC2)c2csc(CN3CCCCC3)c2)CC1. The molecule has 6 rings (SSSR count). The van der Waals surface area contributed by atoms with Gasteiger partial charge in [0, 0.05) is 87.3 Å². The molecule has 0 radical (unpaired) electrons. The Labute approximate surface area is 287 Å². The molecular weight excluding hydrogens is 609 g/mol. The number of rotatable bonds is 12. The largest absolute Gasteiger partial charge is 0.298 e. The van der Waals surface area contributed by atoms with Crippen molar-refractivity contribution in [1.29, 1.82) is 0 Å². The molecule has 4 fully saturated rings. The predicted octanol–water partition coefficient (Wildman–Crippen LogP) is 6.18. The Morgan fingerprint density at radius 2 is 0.891 bits per heavy atom. The molecule has 4 aliphatic heterocycles. The van der Waals surface area contributed by atoms with Crippen molar-refractivity contribution in [2.24, 2.45) is 0 Å². The fourth-order valence-electron chi connectivity index (χ4n) is 8.21. The molecule has 4 aliphatic rings. The van der Waals surface area contributed by atoms with Crippen LogP contribution in [0.4, 0.5) is 0 Å². The topological polar surface area (TPSA) is 36.5 Å². The highest BCUT2D eigenvalue weighted by atomic mass is 32.1. The van der Waals surface area contributed by atoms with Crippen LogP contribution in [0, 0.1) is 0 Å². The summed E-state index contributed by atoms with van der Waals surface area (Å²) in [5.41, 5.74) is 2.46. The molecule has 4 saturated heterocycles. The predicted molar refractivity (Wildman–Crippen MR) is 194 cm³/mol. The number of nitrogens with zero attached hydrogens (tertiary/aromatic N) is 6. The lowest BCUT2D eigenvalue weighted by Crippen LogP contribution is -2.54. The van der Waals surface area contributed by atoms with Gasteiger partial charge in [0.05, 0.1) is 12.1 Å². The van der Waals surface area contributed by atoms with E-state index in [1.807, 2.05) is 22.7 Å². The highest BCUT2D eigenvalue weighted by Crippen LogP contribution is 2.37. The second kappa shape index (κ2) is 16.5. The number of thiophene rings is 2. The van der Waals surface area contributed by atoms with Crippen molar-refractivity contribution in [2.75, 3.05) is 78.5 Å². The van der Waals surface area contributed by atoms with E-state index in [1.165, 1.54) is 85.6 Å². The van der Waals surface area contributed by atoms with E-state index >= 15 is 4.79 Å². The lowest BCUT2D eigenvalue weighted by Gasteiger charge is -2.44. The minimum absolute atomic E-state index is 0.195. The molecule has 2 atom stereocenters. The van der Waals surface area contributed by atoms with Crippen LogP contribution in [0.3, 0.4) is 0 Å². The van der Waals surface area contributed by atoms with Gasteiger partial charge in [0.25, 0.3) is 0 Å². The summed E-state index contributed by atoms with van der Waals surface area (Å²) in [6.07, 6.45) is 7.97. The van der Waals surface area contributed by atoms with Gasteiger partial charge in [0.15, 0.2) is 5.78 Å². The minimum Gasteiger partial charge on any atom is -0.298 e. The van der Waals surface area contributed by atoms with Crippen molar-refractivity contribution in [3.63, 3.8) is 0 Å². The van der Waals surface area contributed by atoms with Crippen LogP contribution in [0.5, 0.6) is 0 Å². The summed E-state index contributed by atoms with van der Waals surface area (Å²) in [5.74, 6) is 0.389. The van der Waals surface area contributed by atoms with Gasteiger partial charge in [0.2, 0.25) is 0 Å². The zero-order valence-electron chi connectivity index (χ0n) is 29.2. The van der Waals surface area contributed by atoms with Gasteiger partial charge in [-0.3, -0.25) is 34.2 Å². The molecule has 0 saturated carbocycles. The second-order valence-corrected chi connectivity index (χ2v) is 16.9. The first-order chi connectivity index (χ1) is 22.4. The van der Waals surface area contributed by atoms with E-state index in [2.05, 4.69) is 80.0 Å². The van der Waals surface area contributed by atoms with Gasteiger partial charge in [-0.05, 0) is 114 Å². The lowest BCUT2D eigenvalue weighted by atomic mass is 9.92. The number of ketones is 1. The molecule has 0 N–H and O–H groups in total. The third-order valence-corrected chi connectivity index (χ3v) is 12.9. The lowest BCUT2D eigenvalue weighted by molar-refractivity contribution is -0.132. The quantitative estimate of drug-likeness (QED) is 0.267. The van der Waals surface area contributed by atoms with Crippen LogP contribution in [0.1, 0.15) is 99.2 Å². The third-order valence-electron chi connectivity index (χ3n) is 11.1. The van der Waals surface area contributed by atoms with Gasteiger partial charge in [-0.2, -0.15) is 0 Å². The molecule has 2 aromatic rings. The van der Waals surface area contributed by atoms with Crippen LogP contribution in [-0.2, 0) is 17.9 Å². The Balaban J connectivity index is 1.28. The minimum atomic E-state index is -0.195. The van der Waals surface area contributed by atoms with Gasteiger partial charge in [-0.25, -0.2) is 0 Å². The summed E-state index contributed by atoms with van der Waals surface area (Å²) in [7, 11) is 0. The zero-order valence-corrected chi connectivity index (χ0v) is 30.8. The van der Waals surface area contributed by atoms with Gasteiger partial charge >= 0.3 is 0 Å². The fraction of sp³-hybridized carbons (Fsp3) is 0.757. The monoisotopic (exact) mass is 668 g/mol. The first-order valence-electron chi connectivity index (χ1n) is 18.4. The van der Waals surface area contributed by atoms with Crippen LogP contribution < -0.4 is 0 Å². The molecule has 2 aromatic heterocycles. The van der Waals surface area contributed by atoms with Crippen molar-refractivity contribution < 1.29 is 4.79 Å². The zero-order chi connectivity index (χ0) is 32.0. The number of carbonyl (C=O) groups excluding carboxylic acids is 1. The molecule has 2 unspecified atom stereocenters. The van der Waals surface area contributed by atoms with Crippen molar-refractivity contribution >= 4 is 28.5 Å². The summed E-state index contributed by atoms with van der Waals surface area (Å²) in [6, 6.07) is 5.50. The normalized spacial score (nSPS) is 23.8. The van der Waals surface area contributed by atoms with Crippen molar-refractivity contribution in [3.05, 3.63) is 43.8 Å². The maximum absolute atomic E-state index is 15.4. The molecular formula is C37H60N6OS2. The van der Waals surface area contributed by atoms with E-state index in [-0.39, 0.29) is 12.1 Å². The van der Waals surface area contributed by atoms with Crippen molar-refractivity contribution in [3.8, 4) is 0 Å². The Bertz CT molecular complexity index is 1120. The number of Topliss-reactive ketones (excluding diaryl/α,β-unsaturated/α-hetero) is 1. The fourth-order valence-corrected chi connectivity index (χ4v) is 10.1. The molecule has 0 bridgehead atoms. The Morgan fingerprint density at radius 1 is 0.543 bits per heavy atom. The van der Waals surface area contributed by atoms with Crippen LogP contribution in [0.2, 0.25) is 0 Å². The number of piperidine rings is 2. The molecule has 7 nitrogen and oxygen atoms in total. The molecule has 9 heteroatoms. The van der Waals surface area contributed by atoms with E-state index in [1.54, 1.807) is 0 Å². The van der Waals surface area contributed by atoms with E-state index in [0.29, 0.717) is 17.9 Å². The number of piperazine rings is 2. The van der Waals surface area contributed by atoms with Crippen molar-refractivity contribution in [1.82, 2.24) is 29.4 Å². The van der Waals surface area contributed by atoms with Gasteiger partial charge in [-0.15, -0.1) is 22.7 Å². The molecule has 46 heavy (non-hydrogen) atoms. The average Bonchev–Trinajstić information content (AvgIpc) is 3.72. The van der Waals surface area contributed by atoms with Crippen molar-refractivity contribution in [2.45, 2.75) is 103 Å². The van der Waals surface area contributed by atoms with Crippen LogP contribution in [-0.4, -0.2) is 126 Å². The van der Waals surface area contributed by atoms with Gasteiger partial charge in [0.1, 0.15) is 0 Å². The first kappa shape index (κ1) is 34.7. The first-order valence-corrected chi connectivity index (χ1v) is 20.2. The summed E-state index contributed by atoms with van der Waals surface area (Å²) in [6.45, 7) is 24.0. The van der Waals surface area contributed by atoms with Crippen LogP contribution in [0.25, 0.3) is 0 Å². The maximum Gasteiger partial charge on any atom is 0.176 e. The highest BCUT2D eigenvalue weighted by molar-refractivity contribution is 7.10. The molecule has 256 valence electrons. The molecule has 0 amide bonds. The summed E-state index contributed by atoms with van der Waals surface area (Å²) < 4.78 is 0. The van der Waals surface area contributed by atoms with Crippen LogP contribution >= 0.6 is 22.7 Å². The summed E-state index contributed by atoms with van der Waals surface area (Å²) in [5, 5.41) is 4.67. The molecule has 0 spiro atoms. The molecule has 0 aliphatic carbocycles. The van der Waals surface area contributed by atoms with E-state index in [9.17, 15) is 0 Å². The maximum atomic E-state index is 15.4. The Morgan fingerprint density at radius 3 is 1.24 bits per heavy atom. The second-order valence-electron chi connectivity index (χ2n) is 14.9. The molecule has 6 heterocycles. The number of hydrogen-bond donors (Lipinski definition) is 0. The molecule has 0 aromatic carbocycles. The van der Waals surface area contributed by atoms with Crippen LogP contribution in [0.15, 0.2) is 22.9 Å². The summed E-state index contributed by atoms with van der Waals surface area (Å²) in [4.78, 5) is 33.6. The summed E-state index contributed by atoms with van der Waals surface area (Å²) >= 11 is 3.75. The smallest absolute Gasteiger partial charge is 0.176 e. The standard InChI is InChI=1S/C37H60N6OS2/c1-29(2)40-15-19-42(20-16-40)35(31-23-33(45-27-31)25-38-11-7-5-8-12-38)37(44)36(43-21-17-41(18-22-43)30(3)4)32-24-34(46-28-32)26-39-13-9-6-10-14-39/h23-24,27-30,35-36H,5-22,25-26H2,1-4H3. The number of hydrogen-bond acceptors (Lipinski definition) is 9. The average molecular weight is 669 g/mol. The highest BCUT2D eigenvalue weighted by Gasteiger charge is 2.40. The third kappa shape index (κ3) is 8.70. The number of carbonyl (C=O) groups is 1. The van der Waals surface area contributed by atoms with E-state index < -0.39 is 0 Å².